The third kappa shape index (κ3) is 80.5. The van der Waals surface area contributed by atoms with E-state index in [-0.39, 0.29) is 19.3 Å². The molecule has 0 amide bonds. The lowest BCUT2D eigenvalue weighted by molar-refractivity contribution is -0.161. The monoisotopic (exact) mass is 1510 g/mol. The minimum absolute atomic E-state index is 0.0873. The summed E-state index contributed by atoms with van der Waals surface area (Å²) in [7, 11) is -9.80. The molecule has 0 saturated heterocycles. The van der Waals surface area contributed by atoms with Crippen LogP contribution in [0.25, 0.3) is 0 Å². The van der Waals surface area contributed by atoms with Crippen molar-refractivity contribution < 1.29 is 75.8 Å². The van der Waals surface area contributed by atoms with Gasteiger partial charge in [0.2, 0.25) is 0 Å². The summed E-state index contributed by atoms with van der Waals surface area (Å²) in [6, 6.07) is 0. The van der Waals surface area contributed by atoms with Crippen LogP contribution in [-0.4, -0.2) is 95.9 Å². The predicted molar refractivity (Wildman–Crippen MR) is 436 cm³/mol. The summed E-state index contributed by atoms with van der Waals surface area (Å²) in [4.78, 5) is 58.7. The molecule has 0 aromatic heterocycles. The van der Waals surface area contributed by atoms with Gasteiger partial charge in [0.25, 0.3) is 0 Å². The van der Waals surface area contributed by atoms with Crippen molar-refractivity contribution in [2.24, 2.45) is 0 Å². The van der Waals surface area contributed by atoms with Crippen LogP contribution in [0, 0.1) is 0 Å². The highest BCUT2D eigenvalue weighted by atomic mass is 31.2. The molecule has 0 aliphatic rings. The normalized spacial score (nSPS) is 14.6. The Labute approximate surface area is 639 Å². The summed E-state index contributed by atoms with van der Waals surface area (Å²) >= 11 is 0. The van der Waals surface area contributed by atoms with Gasteiger partial charge in [-0.15, -0.1) is 0 Å². The number of carbonyl (C=O) groups excluding carboxylic acids is 3. The Bertz CT molecular complexity index is 2440. The van der Waals surface area contributed by atoms with Crippen LogP contribution in [0.5, 0.6) is 0 Å². The lowest BCUT2D eigenvalue weighted by Crippen LogP contribution is -2.30. The van der Waals surface area contributed by atoms with E-state index in [9.17, 15) is 43.5 Å². The fourth-order valence-electron chi connectivity index (χ4n) is 11.1. The van der Waals surface area contributed by atoms with E-state index in [1.807, 2.05) is 0 Å². The molecular formula is C87H150O16P2. The van der Waals surface area contributed by atoms with Crippen molar-refractivity contribution >= 4 is 33.6 Å². The highest BCUT2D eigenvalue weighted by molar-refractivity contribution is 7.47. The number of rotatable bonds is 78. The van der Waals surface area contributed by atoms with Crippen molar-refractivity contribution in [3.8, 4) is 0 Å². The summed E-state index contributed by atoms with van der Waals surface area (Å²) in [5, 5.41) is 20.7. The smallest absolute Gasteiger partial charge is 0.463 e. The van der Waals surface area contributed by atoms with Gasteiger partial charge >= 0.3 is 33.6 Å². The van der Waals surface area contributed by atoms with Crippen LogP contribution < -0.4 is 0 Å². The lowest BCUT2D eigenvalue weighted by atomic mass is 10.0. The van der Waals surface area contributed by atoms with Crippen molar-refractivity contribution in [1.82, 2.24) is 0 Å². The van der Waals surface area contributed by atoms with Crippen molar-refractivity contribution in [2.75, 3.05) is 39.6 Å². The molecule has 0 aromatic rings. The first-order chi connectivity index (χ1) is 51.2. The van der Waals surface area contributed by atoms with Crippen molar-refractivity contribution in [2.45, 2.75) is 360 Å². The first-order valence-corrected chi connectivity index (χ1v) is 44.5. The van der Waals surface area contributed by atoms with Crippen LogP contribution in [0.3, 0.4) is 0 Å². The van der Waals surface area contributed by atoms with E-state index in [0.29, 0.717) is 19.3 Å². The molecule has 0 radical (unpaired) electrons. The Morgan fingerprint density at radius 2 is 0.505 bits per heavy atom. The first-order valence-electron chi connectivity index (χ1n) is 41.5. The lowest BCUT2D eigenvalue weighted by Gasteiger charge is -2.21. The zero-order valence-electron chi connectivity index (χ0n) is 66.1. The maximum Gasteiger partial charge on any atom is 0.472 e. The Balaban J connectivity index is 4.47. The van der Waals surface area contributed by atoms with Gasteiger partial charge in [-0.25, -0.2) is 9.13 Å². The minimum atomic E-state index is -4.94. The average Bonchev–Trinajstić information content (AvgIpc) is 0.915. The van der Waals surface area contributed by atoms with E-state index in [4.69, 9.17) is 32.3 Å². The number of ether oxygens (including phenoxy) is 3. The van der Waals surface area contributed by atoms with Crippen molar-refractivity contribution in [1.29, 1.82) is 0 Å². The van der Waals surface area contributed by atoms with Gasteiger partial charge in [-0.1, -0.05) is 321 Å². The van der Waals surface area contributed by atoms with Crippen LogP contribution in [0.15, 0.2) is 134 Å². The molecular weight excluding hydrogens is 1360 g/mol. The Kier molecular flexibility index (Phi) is 76.0. The van der Waals surface area contributed by atoms with Gasteiger partial charge in [0, 0.05) is 19.3 Å². The van der Waals surface area contributed by atoms with Crippen LogP contribution >= 0.6 is 15.6 Å². The second-order valence-corrected chi connectivity index (χ2v) is 30.4. The summed E-state index contributed by atoms with van der Waals surface area (Å²) < 4.78 is 61.2. The van der Waals surface area contributed by atoms with E-state index >= 15 is 0 Å². The molecule has 16 nitrogen and oxygen atoms in total. The Hall–Kier alpha value is -4.31. The zero-order chi connectivity index (χ0) is 76.6. The standard InChI is InChI=1S/C87H150O16P2/c1-4-7-10-13-16-19-22-25-28-31-33-34-35-36-37-38-39-40-41-42-43-44-45-46-48-51-52-55-58-61-64-67-70-73-85(90)97-76-82(88)77-99-104(93,94)100-78-83(89)79-101-105(95,96)102-81-84(103-87(92)75-72-69-66-63-60-57-54-49-30-27-24-21-18-15-12-9-6-3)80-98-86(91)74-71-68-65-62-59-56-53-50-47-32-29-26-23-20-17-14-11-8-5-2/h8-9,11-12,16-21,25-30,33-34,36-37,47,50,82-84,88-89H,4-7,10,13-15,22-24,31-32,35,38-46,48-49,51-81H2,1-3H3,(H,93,94)(H,95,96)/b11-8-,12-9-,19-16-,20-17-,21-18-,28-25-,29-26-,30-27-,34-33-,37-36-,50-47-. The van der Waals surface area contributed by atoms with Crippen LogP contribution in [0.2, 0.25) is 0 Å². The molecule has 18 heteroatoms. The molecule has 4 N–H and O–H groups in total. The number of aliphatic hydroxyl groups excluding tert-OH is 2. The van der Waals surface area contributed by atoms with Crippen molar-refractivity contribution in [3.63, 3.8) is 0 Å². The van der Waals surface area contributed by atoms with Gasteiger partial charge in [0.05, 0.1) is 26.4 Å². The zero-order valence-corrected chi connectivity index (χ0v) is 67.9. The van der Waals surface area contributed by atoms with Gasteiger partial charge in [-0.2, -0.15) is 0 Å². The molecule has 0 aliphatic carbocycles. The molecule has 5 unspecified atom stereocenters. The number of hydrogen-bond acceptors (Lipinski definition) is 14. The third-order valence-corrected chi connectivity index (χ3v) is 19.2. The van der Waals surface area contributed by atoms with Gasteiger partial charge in [-0.3, -0.25) is 32.5 Å². The second kappa shape index (κ2) is 79.2. The van der Waals surface area contributed by atoms with E-state index in [2.05, 4.69) is 154 Å². The highest BCUT2D eigenvalue weighted by Crippen LogP contribution is 2.45. The number of esters is 3. The molecule has 0 rings (SSSR count). The number of hydrogen-bond donors (Lipinski definition) is 4. The van der Waals surface area contributed by atoms with E-state index in [1.165, 1.54) is 116 Å². The Morgan fingerprint density at radius 3 is 0.800 bits per heavy atom. The molecule has 604 valence electrons. The van der Waals surface area contributed by atoms with Gasteiger partial charge in [0.1, 0.15) is 25.4 Å². The summed E-state index contributed by atoms with van der Waals surface area (Å²) in [5.41, 5.74) is 0. The molecule has 105 heavy (non-hydrogen) atoms. The molecule has 0 fully saturated rings. The van der Waals surface area contributed by atoms with Crippen LogP contribution in [-0.2, 0) is 55.8 Å². The fraction of sp³-hybridized carbons (Fsp3) is 0.713. The van der Waals surface area contributed by atoms with E-state index < -0.39 is 91.5 Å². The van der Waals surface area contributed by atoms with E-state index in [1.54, 1.807) is 0 Å². The third-order valence-electron chi connectivity index (χ3n) is 17.3. The Morgan fingerprint density at radius 1 is 0.276 bits per heavy atom. The van der Waals surface area contributed by atoms with Crippen LogP contribution in [0.1, 0.15) is 342 Å². The number of aliphatic hydroxyl groups is 2. The average molecular weight is 1510 g/mol. The molecule has 0 aliphatic heterocycles. The molecule has 5 atom stereocenters. The number of unbranched alkanes of at least 4 members (excludes halogenated alkanes) is 33. The summed E-state index contributed by atoms with van der Waals surface area (Å²) in [6.45, 7) is 2.43. The maximum atomic E-state index is 13.0. The summed E-state index contributed by atoms with van der Waals surface area (Å²) in [6.07, 6.45) is 96.5. The van der Waals surface area contributed by atoms with Crippen LogP contribution in [0.4, 0.5) is 0 Å². The molecule has 0 heterocycles. The molecule has 0 spiro atoms. The quantitative estimate of drug-likeness (QED) is 0.0146. The molecule has 0 aromatic carbocycles. The van der Waals surface area contributed by atoms with Gasteiger partial charge in [0.15, 0.2) is 6.10 Å². The largest absolute Gasteiger partial charge is 0.472 e. The predicted octanol–water partition coefficient (Wildman–Crippen LogP) is 24.7. The SMILES string of the molecule is CC/C=C\C/C=C\C/C=C\C/C=C\CCCCCCCCC(=O)OCC(COP(=O)(O)OCC(O)COP(=O)(O)OCC(O)COC(=O)CCCCCCCCCCCCCCCCCCC/C=C\C/C=C\C/C=C\C/C=C\CCCCC)OC(=O)CCCCCCCCC/C=C\C/C=C\C/C=C\CC. The van der Waals surface area contributed by atoms with Gasteiger partial charge in [-0.05, 0) is 135 Å². The minimum Gasteiger partial charge on any atom is -0.463 e. The number of phosphoric acid groups is 2. The molecule has 0 saturated carbocycles. The number of allylic oxidation sites excluding steroid dienone is 22. The van der Waals surface area contributed by atoms with E-state index in [0.717, 1.165) is 167 Å². The van der Waals surface area contributed by atoms with Crippen molar-refractivity contribution in [3.05, 3.63) is 134 Å². The summed E-state index contributed by atoms with van der Waals surface area (Å²) in [5.74, 6) is -1.60. The topological polar surface area (TPSA) is 231 Å². The molecule has 0 bridgehead atoms. The maximum absolute atomic E-state index is 13.0. The first kappa shape index (κ1) is 101. The number of phosphoric ester groups is 2. The van der Waals surface area contributed by atoms with Gasteiger partial charge < -0.3 is 34.2 Å². The fourth-order valence-corrected chi connectivity index (χ4v) is 12.7. The second-order valence-electron chi connectivity index (χ2n) is 27.5. The highest BCUT2D eigenvalue weighted by Gasteiger charge is 2.29. The number of carbonyl (C=O) groups is 3.